The Balaban J connectivity index is 2.03. The van der Waals surface area contributed by atoms with Gasteiger partial charge in [-0.25, -0.2) is 15.0 Å². The van der Waals surface area contributed by atoms with Crippen LogP contribution >= 0.6 is 0 Å². The number of hydrogen-bond donors (Lipinski definition) is 3. The number of nitrogens with one attached hydrogen (secondary N) is 2. The number of aliphatic hydroxyl groups excluding tert-OH is 1. The van der Waals surface area contributed by atoms with Crippen LogP contribution in [-0.2, 0) is 0 Å². The fraction of sp³-hybridized carbons (Fsp3) is 0.583. The third kappa shape index (κ3) is 2.95. The van der Waals surface area contributed by atoms with Crippen molar-refractivity contribution in [2.24, 2.45) is 5.41 Å². The predicted octanol–water partition coefficient (Wildman–Crippen LogP) is 1.56. The first-order chi connectivity index (χ1) is 8.62. The first-order valence-corrected chi connectivity index (χ1v) is 6.11. The topological polar surface area (TPSA) is 86.7 Å². The zero-order valence-electron chi connectivity index (χ0n) is 10.8. The van der Waals surface area contributed by atoms with Crippen LogP contribution in [0, 0.1) is 5.41 Å². The molecule has 0 radical (unpaired) electrons. The Morgan fingerprint density at radius 3 is 2.94 bits per heavy atom. The molecule has 0 amide bonds. The fourth-order valence-electron chi connectivity index (χ4n) is 1.87. The smallest absolute Gasteiger partial charge is 0.182 e. The van der Waals surface area contributed by atoms with Crippen LogP contribution in [0.5, 0.6) is 0 Å². The summed E-state index contributed by atoms with van der Waals surface area (Å²) >= 11 is 0. The Morgan fingerprint density at radius 2 is 2.17 bits per heavy atom. The van der Waals surface area contributed by atoms with E-state index in [1.54, 1.807) is 6.33 Å². The molecule has 0 aliphatic rings. The van der Waals surface area contributed by atoms with Gasteiger partial charge in [-0.2, -0.15) is 0 Å². The molecule has 2 heterocycles. The summed E-state index contributed by atoms with van der Waals surface area (Å²) in [6, 6.07) is 0. The van der Waals surface area contributed by atoms with Crippen molar-refractivity contribution >= 4 is 17.0 Å². The van der Waals surface area contributed by atoms with E-state index in [2.05, 4.69) is 39.1 Å². The summed E-state index contributed by atoms with van der Waals surface area (Å²) in [5, 5.41) is 12.2. The molecule has 0 unspecified atom stereocenters. The van der Waals surface area contributed by atoms with Gasteiger partial charge in [-0.3, -0.25) is 0 Å². The molecule has 0 aliphatic carbocycles. The number of aliphatic hydroxyl groups is 1. The second-order valence-electron chi connectivity index (χ2n) is 5.17. The standard InChI is InChI=1S/C12H19N5O/c1-12(2,4-3-5-18)6-13-10-9-11(15-7-14-9)17-8-16-10/h7-8,18H,3-6H2,1-2H3,(H2,13,14,15,16,17). The van der Waals surface area contributed by atoms with Crippen molar-refractivity contribution < 1.29 is 5.11 Å². The summed E-state index contributed by atoms with van der Waals surface area (Å²) in [6.45, 7) is 5.36. The molecule has 98 valence electrons. The van der Waals surface area contributed by atoms with Gasteiger partial charge in [0.2, 0.25) is 0 Å². The highest BCUT2D eigenvalue weighted by molar-refractivity contribution is 5.81. The van der Waals surface area contributed by atoms with Crippen molar-refractivity contribution in [3.05, 3.63) is 12.7 Å². The highest BCUT2D eigenvalue weighted by Crippen LogP contribution is 2.23. The Hall–Kier alpha value is -1.69. The minimum Gasteiger partial charge on any atom is -0.396 e. The quantitative estimate of drug-likeness (QED) is 0.723. The van der Waals surface area contributed by atoms with Gasteiger partial charge in [-0.05, 0) is 18.3 Å². The molecule has 0 aliphatic heterocycles. The average molecular weight is 249 g/mol. The van der Waals surface area contributed by atoms with Crippen molar-refractivity contribution in [3.8, 4) is 0 Å². The summed E-state index contributed by atoms with van der Waals surface area (Å²) in [6.07, 6.45) is 4.90. The highest BCUT2D eigenvalue weighted by atomic mass is 16.2. The summed E-state index contributed by atoms with van der Waals surface area (Å²) in [5.74, 6) is 0.773. The van der Waals surface area contributed by atoms with Gasteiger partial charge in [0.15, 0.2) is 11.5 Å². The predicted molar refractivity (Wildman–Crippen MR) is 70.3 cm³/mol. The van der Waals surface area contributed by atoms with Crippen LogP contribution in [0.1, 0.15) is 26.7 Å². The molecule has 0 spiro atoms. The van der Waals surface area contributed by atoms with Crippen molar-refractivity contribution in [2.45, 2.75) is 26.7 Å². The summed E-state index contributed by atoms with van der Waals surface area (Å²) < 4.78 is 0. The highest BCUT2D eigenvalue weighted by Gasteiger charge is 2.18. The van der Waals surface area contributed by atoms with E-state index in [0.717, 1.165) is 30.7 Å². The normalized spacial score (nSPS) is 11.9. The van der Waals surface area contributed by atoms with E-state index in [1.807, 2.05) is 0 Å². The molecule has 18 heavy (non-hydrogen) atoms. The van der Waals surface area contributed by atoms with Gasteiger partial charge in [0, 0.05) is 13.2 Å². The Morgan fingerprint density at radius 1 is 1.33 bits per heavy atom. The summed E-state index contributed by atoms with van der Waals surface area (Å²) in [7, 11) is 0. The molecular formula is C12H19N5O. The third-order valence-corrected chi connectivity index (χ3v) is 2.97. The molecule has 0 bridgehead atoms. The molecule has 0 saturated carbocycles. The lowest BCUT2D eigenvalue weighted by atomic mass is 9.88. The lowest BCUT2D eigenvalue weighted by Crippen LogP contribution is -2.24. The van der Waals surface area contributed by atoms with Crippen molar-refractivity contribution in [3.63, 3.8) is 0 Å². The van der Waals surface area contributed by atoms with E-state index in [1.165, 1.54) is 6.33 Å². The Kier molecular flexibility index (Phi) is 3.76. The van der Waals surface area contributed by atoms with Crippen molar-refractivity contribution in [2.75, 3.05) is 18.5 Å². The van der Waals surface area contributed by atoms with Crippen molar-refractivity contribution in [1.82, 2.24) is 19.9 Å². The SMILES string of the molecule is CC(C)(CCCO)CNc1ncnc2nc[nH]c12. The van der Waals surface area contributed by atoms with E-state index in [9.17, 15) is 0 Å². The van der Waals surface area contributed by atoms with E-state index in [4.69, 9.17) is 5.11 Å². The maximum atomic E-state index is 8.87. The van der Waals surface area contributed by atoms with Crippen LogP contribution in [0.4, 0.5) is 5.82 Å². The molecule has 0 aromatic carbocycles. The lowest BCUT2D eigenvalue weighted by Gasteiger charge is -2.24. The van der Waals surface area contributed by atoms with Crippen LogP contribution in [0.15, 0.2) is 12.7 Å². The molecule has 6 heteroatoms. The Labute approximate surface area is 106 Å². The number of H-pyrrole nitrogens is 1. The first kappa shape index (κ1) is 12.8. The second-order valence-corrected chi connectivity index (χ2v) is 5.17. The minimum atomic E-state index is 0.111. The molecule has 0 fully saturated rings. The van der Waals surface area contributed by atoms with Crippen LogP contribution in [0.25, 0.3) is 11.2 Å². The number of aromatic nitrogens is 4. The number of fused-ring (bicyclic) bond motifs is 1. The maximum Gasteiger partial charge on any atom is 0.182 e. The van der Waals surface area contributed by atoms with Crippen molar-refractivity contribution in [1.29, 1.82) is 0 Å². The van der Waals surface area contributed by atoms with Gasteiger partial charge >= 0.3 is 0 Å². The van der Waals surface area contributed by atoms with E-state index >= 15 is 0 Å². The first-order valence-electron chi connectivity index (χ1n) is 6.11. The number of aromatic amines is 1. The number of rotatable bonds is 6. The maximum absolute atomic E-state index is 8.87. The fourth-order valence-corrected chi connectivity index (χ4v) is 1.87. The number of anilines is 1. The molecule has 2 aromatic rings. The van der Waals surface area contributed by atoms with Crippen LogP contribution < -0.4 is 5.32 Å². The van der Waals surface area contributed by atoms with Gasteiger partial charge in [0.05, 0.1) is 6.33 Å². The summed E-state index contributed by atoms with van der Waals surface area (Å²) in [4.78, 5) is 15.4. The molecule has 0 atom stereocenters. The van der Waals surface area contributed by atoms with Crippen LogP contribution in [0.3, 0.4) is 0 Å². The van der Waals surface area contributed by atoms with Gasteiger partial charge < -0.3 is 15.4 Å². The van der Waals surface area contributed by atoms with Gasteiger partial charge in [0.1, 0.15) is 11.8 Å². The molecule has 2 rings (SSSR count). The number of hydrogen-bond acceptors (Lipinski definition) is 5. The van der Waals surface area contributed by atoms with Crippen LogP contribution in [-0.4, -0.2) is 38.2 Å². The summed E-state index contributed by atoms with van der Waals surface area (Å²) in [5.41, 5.74) is 1.61. The zero-order valence-corrected chi connectivity index (χ0v) is 10.8. The van der Waals surface area contributed by atoms with Gasteiger partial charge in [-0.1, -0.05) is 13.8 Å². The van der Waals surface area contributed by atoms with Gasteiger partial charge in [-0.15, -0.1) is 0 Å². The monoisotopic (exact) mass is 249 g/mol. The van der Waals surface area contributed by atoms with Gasteiger partial charge in [0.25, 0.3) is 0 Å². The van der Waals surface area contributed by atoms with Crippen LogP contribution in [0.2, 0.25) is 0 Å². The lowest BCUT2D eigenvalue weighted by molar-refractivity contribution is 0.248. The Bertz CT molecular complexity index is 508. The number of imidazole rings is 1. The molecule has 3 N–H and O–H groups in total. The molecular weight excluding hydrogens is 230 g/mol. The van der Waals surface area contributed by atoms with E-state index in [-0.39, 0.29) is 12.0 Å². The zero-order chi connectivity index (χ0) is 13.0. The molecule has 2 aromatic heterocycles. The second kappa shape index (κ2) is 5.30. The number of nitrogens with zero attached hydrogens (tertiary/aromatic N) is 3. The largest absolute Gasteiger partial charge is 0.396 e. The van der Waals surface area contributed by atoms with E-state index in [0.29, 0.717) is 5.65 Å². The third-order valence-electron chi connectivity index (χ3n) is 2.97. The van der Waals surface area contributed by atoms with E-state index < -0.39 is 0 Å². The minimum absolute atomic E-state index is 0.111. The molecule has 0 saturated heterocycles. The molecule has 6 nitrogen and oxygen atoms in total. The average Bonchev–Trinajstić information content (AvgIpc) is 2.82.